The number of likely N-dealkylation sites (tertiary alicyclic amines) is 1. The molecule has 0 aliphatic carbocycles. The zero-order valence-electron chi connectivity index (χ0n) is 13.4. The van der Waals surface area contributed by atoms with Crippen molar-refractivity contribution in [2.24, 2.45) is 7.05 Å². The maximum Gasteiger partial charge on any atom is 0.272 e. The van der Waals surface area contributed by atoms with E-state index < -0.39 is 11.7 Å². The zero-order chi connectivity index (χ0) is 15.7. The largest absolute Gasteiger partial charge is 0.390 e. The highest BCUT2D eigenvalue weighted by atomic mass is 16.5. The van der Waals surface area contributed by atoms with Crippen LogP contribution in [0.5, 0.6) is 0 Å². The number of aromatic nitrogens is 2. The predicted octanol–water partition coefficient (Wildman–Crippen LogP) is 1.13. The number of hydrogen-bond acceptors (Lipinski definition) is 4. The average molecular weight is 307 g/mol. The Morgan fingerprint density at radius 1 is 1.50 bits per heavy atom. The van der Waals surface area contributed by atoms with Gasteiger partial charge in [-0.2, -0.15) is 5.10 Å². The van der Waals surface area contributed by atoms with Crippen LogP contribution in [0.25, 0.3) is 0 Å². The topological polar surface area (TPSA) is 67.6 Å². The third kappa shape index (κ3) is 2.65. The molecule has 122 valence electrons. The molecule has 0 saturated carbocycles. The number of carbonyl (C=O) groups is 1. The number of aliphatic hydroxyl groups is 1. The second-order valence-corrected chi connectivity index (χ2v) is 6.36. The molecule has 1 aromatic heterocycles. The van der Waals surface area contributed by atoms with E-state index in [1.54, 1.807) is 4.68 Å². The Morgan fingerprint density at radius 3 is 2.82 bits per heavy atom. The Bertz CT molecular complexity index is 547. The monoisotopic (exact) mass is 307 g/mol. The highest BCUT2D eigenvalue weighted by Crippen LogP contribution is 2.35. The molecule has 2 aliphatic heterocycles. The summed E-state index contributed by atoms with van der Waals surface area (Å²) in [4.78, 5) is 14.5. The minimum atomic E-state index is -0.434. The van der Waals surface area contributed by atoms with Crippen molar-refractivity contribution in [1.82, 2.24) is 14.7 Å². The fraction of sp³-hybridized carbons (Fsp3) is 0.750. The molecule has 3 heterocycles. The Hall–Kier alpha value is -1.40. The molecule has 2 fully saturated rings. The van der Waals surface area contributed by atoms with Gasteiger partial charge >= 0.3 is 0 Å². The molecule has 1 N–H and O–H groups in total. The Morgan fingerprint density at radius 2 is 2.23 bits per heavy atom. The summed E-state index contributed by atoms with van der Waals surface area (Å²) in [6.07, 6.45) is 3.55. The van der Waals surface area contributed by atoms with Crippen molar-refractivity contribution in [3.05, 3.63) is 17.5 Å². The van der Waals surface area contributed by atoms with Crippen molar-refractivity contribution in [3.63, 3.8) is 0 Å². The number of rotatable bonds is 2. The van der Waals surface area contributed by atoms with E-state index in [2.05, 4.69) is 5.10 Å². The lowest BCUT2D eigenvalue weighted by molar-refractivity contribution is -0.174. The van der Waals surface area contributed by atoms with E-state index in [9.17, 15) is 9.90 Å². The number of ether oxygens (including phenoxy) is 1. The minimum absolute atomic E-state index is 0.0230. The summed E-state index contributed by atoms with van der Waals surface area (Å²) >= 11 is 0. The van der Waals surface area contributed by atoms with Gasteiger partial charge < -0.3 is 14.7 Å². The summed E-state index contributed by atoms with van der Waals surface area (Å²) in [6, 6.07) is 1.87. The first-order chi connectivity index (χ1) is 10.6. The predicted molar refractivity (Wildman–Crippen MR) is 81.6 cm³/mol. The lowest BCUT2D eigenvalue weighted by Gasteiger charge is -2.46. The van der Waals surface area contributed by atoms with E-state index >= 15 is 0 Å². The molecule has 1 atom stereocenters. The van der Waals surface area contributed by atoms with Gasteiger partial charge in [0, 0.05) is 26.7 Å². The zero-order valence-corrected chi connectivity index (χ0v) is 13.4. The summed E-state index contributed by atoms with van der Waals surface area (Å²) in [5, 5.41) is 14.6. The number of aliphatic hydroxyl groups excluding tert-OH is 1. The summed E-state index contributed by atoms with van der Waals surface area (Å²) < 4.78 is 7.56. The minimum Gasteiger partial charge on any atom is -0.390 e. The average Bonchev–Trinajstić information content (AvgIpc) is 2.91. The summed E-state index contributed by atoms with van der Waals surface area (Å²) in [5.41, 5.74) is 1.14. The van der Waals surface area contributed by atoms with E-state index in [1.807, 2.05) is 24.9 Å². The van der Waals surface area contributed by atoms with Gasteiger partial charge in [0.05, 0.1) is 17.4 Å². The van der Waals surface area contributed by atoms with Crippen LogP contribution in [0.1, 0.15) is 48.8 Å². The summed E-state index contributed by atoms with van der Waals surface area (Å²) in [6.45, 7) is 4.00. The fourth-order valence-electron chi connectivity index (χ4n) is 3.54. The van der Waals surface area contributed by atoms with Crippen molar-refractivity contribution in [2.75, 3.05) is 19.7 Å². The van der Waals surface area contributed by atoms with E-state index in [1.165, 1.54) is 0 Å². The van der Waals surface area contributed by atoms with E-state index in [4.69, 9.17) is 4.74 Å². The third-order valence-electron chi connectivity index (χ3n) is 5.03. The number of carbonyl (C=O) groups excluding carboxylic acids is 1. The Kier molecular flexibility index (Phi) is 4.23. The van der Waals surface area contributed by atoms with Gasteiger partial charge in [0.15, 0.2) is 0 Å². The Balaban J connectivity index is 1.68. The molecule has 1 aromatic rings. The molecule has 0 aromatic carbocycles. The normalized spacial score (nSPS) is 24.7. The van der Waals surface area contributed by atoms with E-state index in [0.717, 1.165) is 25.0 Å². The van der Waals surface area contributed by atoms with Gasteiger partial charge in [-0.1, -0.05) is 6.92 Å². The van der Waals surface area contributed by atoms with Crippen LogP contribution >= 0.6 is 0 Å². The molecule has 1 amide bonds. The highest BCUT2D eigenvalue weighted by molar-refractivity contribution is 5.92. The second-order valence-electron chi connectivity index (χ2n) is 6.36. The quantitative estimate of drug-likeness (QED) is 0.889. The van der Waals surface area contributed by atoms with E-state index in [0.29, 0.717) is 38.2 Å². The SMILES string of the molecule is CCc1cc(C(=O)N2CCC3(CC2)OCCC[C@@H]3O)n(C)n1. The van der Waals surface area contributed by atoms with Gasteiger partial charge in [-0.15, -0.1) is 0 Å². The molecule has 6 heteroatoms. The number of piperidine rings is 1. The van der Waals surface area contributed by atoms with Gasteiger partial charge in [-0.05, 0) is 38.2 Å². The first-order valence-corrected chi connectivity index (χ1v) is 8.20. The standard InChI is InChI=1S/C16H25N3O3/c1-3-12-11-13(18(2)17-12)15(21)19-8-6-16(7-9-19)14(20)5-4-10-22-16/h11,14,20H,3-10H2,1-2H3/t14-/m0/s1. The number of nitrogens with zero attached hydrogens (tertiary/aromatic N) is 3. The van der Waals surface area contributed by atoms with Gasteiger partial charge in [0.2, 0.25) is 0 Å². The number of amides is 1. The van der Waals surface area contributed by atoms with Crippen molar-refractivity contribution >= 4 is 5.91 Å². The van der Waals surface area contributed by atoms with Crippen LogP contribution in [0.2, 0.25) is 0 Å². The summed E-state index contributed by atoms with van der Waals surface area (Å²) in [7, 11) is 1.81. The van der Waals surface area contributed by atoms with Crippen molar-refractivity contribution in [2.45, 2.75) is 50.7 Å². The summed E-state index contributed by atoms with van der Waals surface area (Å²) in [5.74, 6) is 0.0230. The van der Waals surface area contributed by atoms with E-state index in [-0.39, 0.29) is 5.91 Å². The second kappa shape index (κ2) is 6.01. The maximum absolute atomic E-state index is 12.7. The van der Waals surface area contributed by atoms with Crippen LogP contribution in [0, 0.1) is 0 Å². The van der Waals surface area contributed by atoms with Crippen LogP contribution in [0.3, 0.4) is 0 Å². The van der Waals surface area contributed by atoms with Crippen LogP contribution in [0.15, 0.2) is 6.07 Å². The third-order valence-corrected chi connectivity index (χ3v) is 5.03. The number of aryl methyl sites for hydroxylation is 2. The van der Waals surface area contributed by atoms with Gasteiger partial charge in [-0.25, -0.2) is 0 Å². The molecule has 22 heavy (non-hydrogen) atoms. The molecule has 3 rings (SSSR count). The van der Waals surface area contributed by atoms with Gasteiger partial charge in [0.25, 0.3) is 5.91 Å². The van der Waals surface area contributed by atoms with Crippen molar-refractivity contribution in [1.29, 1.82) is 0 Å². The smallest absolute Gasteiger partial charge is 0.272 e. The van der Waals surface area contributed by atoms with Gasteiger partial charge in [-0.3, -0.25) is 9.48 Å². The molecule has 0 radical (unpaired) electrons. The van der Waals surface area contributed by atoms with Crippen LogP contribution in [-0.2, 0) is 18.2 Å². The maximum atomic E-state index is 12.7. The molecule has 0 bridgehead atoms. The molecule has 1 spiro atoms. The molecule has 0 unspecified atom stereocenters. The molecular weight excluding hydrogens is 282 g/mol. The molecule has 6 nitrogen and oxygen atoms in total. The fourth-order valence-corrected chi connectivity index (χ4v) is 3.54. The van der Waals surface area contributed by atoms with Crippen LogP contribution in [0.4, 0.5) is 0 Å². The number of hydrogen-bond donors (Lipinski definition) is 1. The Labute approximate surface area is 131 Å². The molecule has 2 saturated heterocycles. The van der Waals surface area contributed by atoms with Gasteiger partial charge in [0.1, 0.15) is 5.69 Å². The van der Waals surface area contributed by atoms with Crippen molar-refractivity contribution < 1.29 is 14.6 Å². The van der Waals surface area contributed by atoms with Crippen LogP contribution in [-0.4, -0.2) is 57.1 Å². The first-order valence-electron chi connectivity index (χ1n) is 8.20. The lowest BCUT2D eigenvalue weighted by Crippen LogP contribution is -2.56. The lowest BCUT2D eigenvalue weighted by atomic mass is 9.82. The molecular formula is C16H25N3O3. The van der Waals surface area contributed by atoms with Crippen molar-refractivity contribution in [3.8, 4) is 0 Å². The molecule has 2 aliphatic rings. The first kappa shape index (κ1) is 15.5. The van der Waals surface area contributed by atoms with Crippen LogP contribution < -0.4 is 0 Å². The highest BCUT2D eigenvalue weighted by Gasteiger charge is 2.44.